The Kier molecular flexibility index (Phi) is 3.19. The minimum atomic E-state index is -0.451. The third kappa shape index (κ3) is 2.51. The van der Waals surface area contributed by atoms with E-state index in [1.165, 1.54) is 23.0 Å². The molecule has 6 nitrogen and oxygen atoms in total. The van der Waals surface area contributed by atoms with Gasteiger partial charge in [-0.05, 0) is 17.7 Å². The third-order valence-corrected chi connectivity index (χ3v) is 3.23. The van der Waals surface area contributed by atoms with Gasteiger partial charge < -0.3 is 0 Å². The molecule has 1 heterocycles. The number of hydrogen-bond donors (Lipinski definition) is 0. The van der Waals surface area contributed by atoms with Crippen LogP contribution in [0.5, 0.6) is 0 Å². The third-order valence-electron chi connectivity index (χ3n) is 3.23. The fourth-order valence-corrected chi connectivity index (χ4v) is 2.14. The molecule has 0 bridgehead atoms. The number of aromatic nitrogens is 2. The molecule has 104 valence electrons. The van der Waals surface area contributed by atoms with Crippen molar-refractivity contribution in [2.24, 2.45) is 0 Å². The second-order valence-electron chi connectivity index (χ2n) is 4.62. The average molecular weight is 281 g/mol. The lowest BCUT2D eigenvalue weighted by Crippen LogP contribution is -2.21. The number of nitro benzene ring substituents is 1. The fourth-order valence-electron chi connectivity index (χ4n) is 2.14. The van der Waals surface area contributed by atoms with Crippen LogP contribution in [-0.2, 0) is 6.54 Å². The molecule has 0 aliphatic rings. The molecular formula is C15H11N3O3. The van der Waals surface area contributed by atoms with Gasteiger partial charge in [-0.15, -0.1) is 0 Å². The van der Waals surface area contributed by atoms with Gasteiger partial charge >= 0.3 is 0 Å². The van der Waals surface area contributed by atoms with Crippen LogP contribution in [-0.4, -0.2) is 14.5 Å². The molecule has 0 saturated heterocycles. The highest BCUT2D eigenvalue weighted by Gasteiger charge is 2.06. The zero-order chi connectivity index (χ0) is 14.8. The summed E-state index contributed by atoms with van der Waals surface area (Å²) in [5.74, 6) is 0. The smallest absolute Gasteiger partial charge is 0.269 e. The fraction of sp³-hybridized carbons (Fsp3) is 0.0667. The van der Waals surface area contributed by atoms with E-state index in [-0.39, 0.29) is 11.2 Å². The molecule has 0 amide bonds. The predicted octanol–water partition coefficient (Wildman–Crippen LogP) is 2.35. The number of non-ortho nitro benzene ring substituents is 1. The Labute approximate surface area is 119 Å². The van der Waals surface area contributed by atoms with Crippen LogP contribution in [0.15, 0.2) is 59.7 Å². The minimum Gasteiger partial charge on any atom is -0.294 e. The lowest BCUT2D eigenvalue weighted by molar-refractivity contribution is -0.384. The van der Waals surface area contributed by atoms with Crippen LogP contribution < -0.4 is 5.56 Å². The zero-order valence-corrected chi connectivity index (χ0v) is 11.0. The topological polar surface area (TPSA) is 78.0 Å². The average Bonchev–Trinajstić information content (AvgIpc) is 2.51. The van der Waals surface area contributed by atoms with E-state index in [2.05, 4.69) is 4.98 Å². The van der Waals surface area contributed by atoms with Crippen LogP contribution in [0.4, 0.5) is 5.69 Å². The van der Waals surface area contributed by atoms with Crippen LogP contribution in [0.25, 0.3) is 10.9 Å². The maximum absolute atomic E-state index is 12.3. The van der Waals surface area contributed by atoms with Crippen LogP contribution >= 0.6 is 0 Å². The number of nitrogens with zero attached hydrogens (tertiary/aromatic N) is 3. The first-order valence-corrected chi connectivity index (χ1v) is 6.32. The molecule has 0 fully saturated rings. The van der Waals surface area contributed by atoms with Gasteiger partial charge in [0.25, 0.3) is 11.2 Å². The first kappa shape index (κ1) is 13.0. The summed E-state index contributed by atoms with van der Waals surface area (Å²) in [5.41, 5.74) is 1.36. The standard InChI is InChI=1S/C15H11N3O3/c19-15-13-3-1-2-4-14(13)16-10-17(15)9-11-5-7-12(8-6-11)18(20)21/h1-8,10H,9H2. The van der Waals surface area contributed by atoms with Gasteiger partial charge in [-0.2, -0.15) is 0 Å². The minimum absolute atomic E-state index is 0.0303. The number of fused-ring (bicyclic) bond motifs is 1. The summed E-state index contributed by atoms with van der Waals surface area (Å²) in [5, 5.41) is 11.2. The molecule has 6 heteroatoms. The molecular weight excluding hydrogens is 270 g/mol. The SMILES string of the molecule is O=c1c2ccccc2ncn1Cc1ccc([N+](=O)[O-])cc1. The van der Waals surface area contributed by atoms with Crippen molar-refractivity contribution >= 4 is 16.6 Å². The Balaban J connectivity index is 1.96. The Morgan fingerprint density at radius 3 is 2.52 bits per heavy atom. The molecule has 0 radical (unpaired) electrons. The molecule has 0 aliphatic carbocycles. The van der Waals surface area contributed by atoms with Crippen molar-refractivity contribution in [2.45, 2.75) is 6.54 Å². The molecule has 0 unspecified atom stereocenters. The van der Waals surface area contributed by atoms with Crippen LogP contribution in [0.3, 0.4) is 0 Å². The second-order valence-corrected chi connectivity index (χ2v) is 4.62. The van der Waals surface area contributed by atoms with E-state index in [1.807, 2.05) is 6.07 Å². The lowest BCUT2D eigenvalue weighted by atomic mass is 10.2. The first-order valence-electron chi connectivity index (χ1n) is 6.32. The van der Waals surface area contributed by atoms with Gasteiger partial charge in [0.1, 0.15) is 0 Å². The van der Waals surface area contributed by atoms with E-state index in [0.29, 0.717) is 17.4 Å². The number of para-hydroxylation sites is 1. The van der Waals surface area contributed by atoms with E-state index >= 15 is 0 Å². The summed E-state index contributed by atoms with van der Waals surface area (Å²) in [6.07, 6.45) is 1.49. The maximum atomic E-state index is 12.3. The van der Waals surface area contributed by atoms with E-state index in [0.717, 1.165) is 5.56 Å². The highest BCUT2D eigenvalue weighted by molar-refractivity contribution is 5.76. The molecule has 0 N–H and O–H groups in total. The Bertz CT molecular complexity index is 869. The van der Waals surface area contributed by atoms with Gasteiger partial charge in [0, 0.05) is 12.1 Å². The summed E-state index contributed by atoms with van der Waals surface area (Å²) in [7, 11) is 0. The molecule has 1 aromatic heterocycles. The van der Waals surface area contributed by atoms with Crippen LogP contribution in [0.1, 0.15) is 5.56 Å². The van der Waals surface area contributed by atoms with Gasteiger partial charge in [0.2, 0.25) is 0 Å². The number of benzene rings is 2. The zero-order valence-electron chi connectivity index (χ0n) is 11.0. The molecule has 21 heavy (non-hydrogen) atoms. The number of hydrogen-bond acceptors (Lipinski definition) is 4. The van der Waals surface area contributed by atoms with Crippen molar-refractivity contribution in [1.29, 1.82) is 0 Å². The molecule has 0 saturated carbocycles. The molecule has 0 aliphatic heterocycles. The van der Waals surface area contributed by atoms with Crippen LogP contribution in [0.2, 0.25) is 0 Å². The predicted molar refractivity (Wildman–Crippen MR) is 78.2 cm³/mol. The van der Waals surface area contributed by atoms with Gasteiger partial charge in [0.15, 0.2) is 0 Å². The Morgan fingerprint density at radius 2 is 1.81 bits per heavy atom. The van der Waals surface area contributed by atoms with Crippen LogP contribution in [0, 0.1) is 10.1 Å². The highest BCUT2D eigenvalue weighted by atomic mass is 16.6. The van der Waals surface area contributed by atoms with E-state index in [9.17, 15) is 14.9 Å². The summed E-state index contributed by atoms with van der Waals surface area (Å²) in [4.78, 5) is 26.7. The van der Waals surface area contributed by atoms with E-state index in [4.69, 9.17) is 0 Å². The van der Waals surface area contributed by atoms with E-state index < -0.39 is 4.92 Å². The van der Waals surface area contributed by atoms with E-state index in [1.54, 1.807) is 30.3 Å². The maximum Gasteiger partial charge on any atom is 0.269 e. The van der Waals surface area contributed by atoms with Gasteiger partial charge in [-0.25, -0.2) is 4.98 Å². The Hall–Kier alpha value is -3.02. The summed E-state index contributed by atoms with van der Waals surface area (Å²) < 4.78 is 1.49. The summed E-state index contributed by atoms with van der Waals surface area (Å²) in [6.45, 7) is 0.328. The quantitative estimate of drug-likeness (QED) is 0.545. The van der Waals surface area contributed by atoms with Crippen molar-refractivity contribution in [2.75, 3.05) is 0 Å². The van der Waals surface area contributed by atoms with Crippen molar-refractivity contribution in [3.8, 4) is 0 Å². The largest absolute Gasteiger partial charge is 0.294 e. The molecule has 3 aromatic rings. The summed E-state index contributed by atoms with van der Waals surface area (Å²) in [6, 6.07) is 13.3. The van der Waals surface area contributed by atoms with Crippen molar-refractivity contribution in [3.05, 3.63) is 80.9 Å². The number of rotatable bonds is 3. The molecule has 3 rings (SSSR count). The number of nitro groups is 1. The Morgan fingerprint density at radius 1 is 1.10 bits per heavy atom. The molecule has 0 spiro atoms. The summed E-state index contributed by atoms with van der Waals surface area (Å²) >= 11 is 0. The van der Waals surface area contributed by atoms with Crippen molar-refractivity contribution in [1.82, 2.24) is 9.55 Å². The normalized spacial score (nSPS) is 10.7. The van der Waals surface area contributed by atoms with Gasteiger partial charge in [-0.3, -0.25) is 19.5 Å². The van der Waals surface area contributed by atoms with Gasteiger partial charge in [-0.1, -0.05) is 24.3 Å². The van der Waals surface area contributed by atoms with Crippen molar-refractivity contribution in [3.63, 3.8) is 0 Å². The molecule has 0 atom stereocenters. The second kappa shape index (κ2) is 5.16. The lowest BCUT2D eigenvalue weighted by Gasteiger charge is -2.06. The first-order chi connectivity index (χ1) is 10.1. The van der Waals surface area contributed by atoms with Crippen molar-refractivity contribution < 1.29 is 4.92 Å². The highest BCUT2D eigenvalue weighted by Crippen LogP contribution is 2.13. The molecule has 2 aromatic carbocycles. The van der Waals surface area contributed by atoms with Gasteiger partial charge in [0.05, 0.1) is 28.7 Å². The monoisotopic (exact) mass is 281 g/mol.